The molecule has 0 bridgehead atoms. The summed E-state index contributed by atoms with van der Waals surface area (Å²) in [5, 5.41) is 7.65. The third-order valence-corrected chi connectivity index (χ3v) is 6.15. The number of rotatable bonds is 5. The van der Waals surface area contributed by atoms with Gasteiger partial charge >= 0.3 is 0 Å². The van der Waals surface area contributed by atoms with E-state index >= 15 is 0 Å². The van der Waals surface area contributed by atoms with E-state index in [1.807, 2.05) is 0 Å². The lowest BCUT2D eigenvalue weighted by molar-refractivity contribution is -0.117. The normalized spacial score (nSPS) is 19.0. The highest BCUT2D eigenvalue weighted by Crippen LogP contribution is 2.65. The molecular formula is C20H16Cl5N3O2. The first-order valence-electron chi connectivity index (χ1n) is 8.76. The Hall–Kier alpha value is -1.50. The van der Waals surface area contributed by atoms with Crippen molar-refractivity contribution in [3.63, 3.8) is 0 Å². The lowest BCUT2D eigenvalue weighted by Crippen LogP contribution is -2.20. The number of amides is 2. The molecule has 1 fully saturated rings. The number of hydrogen-bond donors (Lipinski definition) is 2. The van der Waals surface area contributed by atoms with E-state index < -0.39 is 28.0 Å². The molecule has 5 nitrogen and oxygen atoms in total. The molecule has 0 heterocycles. The van der Waals surface area contributed by atoms with Crippen LogP contribution in [0.1, 0.15) is 35.7 Å². The lowest BCUT2D eigenvalue weighted by Gasteiger charge is -2.09. The van der Waals surface area contributed by atoms with Crippen molar-refractivity contribution >= 4 is 81.2 Å². The lowest BCUT2D eigenvalue weighted by atomic mass is 10.1. The van der Waals surface area contributed by atoms with Gasteiger partial charge in [0.15, 0.2) is 0 Å². The predicted molar refractivity (Wildman–Crippen MR) is 123 cm³/mol. The molecule has 0 radical (unpaired) electrons. The molecular weight excluding hydrogens is 492 g/mol. The van der Waals surface area contributed by atoms with E-state index in [0.29, 0.717) is 27.0 Å². The van der Waals surface area contributed by atoms with E-state index in [1.54, 1.807) is 38.1 Å². The molecule has 0 aromatic heterocycles. The van der Waals surface area contributed by atoms with Gasteiger partial charge in [0.05, 0.1) is 16.5 Å². The highest BCUT2D eigenvalue weighted by atomic mass is 35.5. The van der Waals surface area contributed by atoms with Gasteiger partial charge in [-0.15, -0.1) is 23.2 Å². The first-order valence-corrected chi connectivity index (χ1v) is 10.6. The average molecular weight is 508 g/mol. The summed E-state index contributed by atoms with van der Waals surface area (Å²) in [6.45, 7) is 3.48. The van der Waals surface area contributed by atoms with E-state index in [1.165, 1.54) is 12.1 Å². The number of hydrogen-bond acceptors (Lipinski definition) is 3. The molecule has 2 aromatic carbocycles. The molecule has 30 heavy (non-hydrogen) atoms. The highest BCUT2D eigenvalue weighted by Gasteiger charge is 2.67. The maximum Gasteiger partial charge on any atom is 0.272 e. The van der Waals surface area contributed by atoms with Crippen molar-refractivity contribution < 1.29 is 9.59 Å². The van der Waals surface area contributed by atoms with Gasteiger partial charge in [-0.05, 0) is 55.8 Å². The average Bonchev–Trinajstić information content (AvgIpc) is 3.22. The maximum absolute atomic E-state index is 12.8. The summed E-state index contributed by atoms with van der Waals surface area (Å²) in [4.78, 5) is 25.1. The third kappa shape index (κ3) is 5.04. The van der Waals surface area contributed by atoms with Crippen molar-refractivity contribution in [2.75, 3.05) is 5.32 Å². The van der Waals surface area contributed by atoms with Gasteiger partial charge < -0.3 is 5.32 Å². The zero-order valence-electron chi connectivity index (χ0n) is 15.8. The standard InChI is InChI=1S/C20H16Cl5N3O2/c1-9(2)27-28-18(29)14-8-13(3-4-15(14)23)26-19(30)17-16(20(17,24)25)10-5-11(21)7-12(22)6-10/h3-8,16-17H,1-2H3,(H,26,30)(H,28,29)/t16-,17+/m0/s1. The number of alkyl halides is 2. The van der Waals surface area contributed by atoms with Crippen LogP contribution >= 0.6 is 58.0 Å². The summed E-state index contributed by atoms with van der Waals surface area (Å²) >= 11 is 30.9. The van der Waals surface area contributed by atoms with Crippen molar-refractivity contribution in [3.8, 4) is 0 Å². The Morgan fingerprint density at radius 3 is 2.23 bits per heavy atom. The van der Waals surface area contributed by atoms with Gasteiger partial charge in [-0.1, -0.05) is 34.8 Å². The van der Waals surface area contributed by atoms with Crippen LogP contribution in [-0.2, 0) is 4.79 Å². The van der Waals surface area contributed by atoms with Gasteiger partial charge in [0.2, 0.25) is 5.91 Å². The molecule has 2 atom stereocenters. The molecule has 0 unspecified atom stereocenters. The van der Waals surface area contributed by atoms with Crippen molar-refractivity contribution in [1.29, 1.82) is 0 Å². The number of halogens is 5. The zero-order chi connectivity index (χ0) is 22.2. The molecule has 3 rings (SSSR count). The van der Waals surface area contributed by atoms with Gasteiger partial charge in [-0.2, -0.15) is 5.10 Å². The molecule has 1 aliphatic carbocycles. The van der Waals surface area contributed by atoms with Crippen molar-refractivity contribution in [3.05, 3.63) is 62.6 Å². The second-order valence-corrected chi connectivity index (χ2v) is 9.74. The largest absolute Gasteiger partial charge is 0.326 e. The summed E-state index contributed by atoms with van der Waals surface area (Å²) in [5.41, 5.74) is 4.26. The number of nitrogens with zero attached hydrogens (tertiary/aromatic N) is 1. The van der Waals surface area contributed by atoms with Gasteiger partial charge in [-0.25, -0.2) is 5.43 Å². The maximum atomic E-state index is 12.8. The van der Waals surface area contributed by atoms with Crippen LogP contribution in [0.4, 0.5) is 5.69 Å². The number of benzene rings is 2. The summed E-state index contributed by atoms with van der Waals surface area (Å²) < 4.78 is -1.31. The van der Waals surface area contributed by atoms with Crippen LogP contribution in [0, 0.1) is 5.92 Å². The Kier molecular flexibility index (Phi) is 6.90. The van der Waals surface area contributed by atoms with E-state index in [9.17, 15) is 9.59 Å². The van der Waals surface area contributed by atoms with Gasteiger partial charge in [-0.3, -0.25) is 9.59 Å². The third-order valence-electron chi connectivity index (χ3n) is 4.44. The molecule has 1 aliphatic rings. The van der Waals surface area contributed by atoms with Crippen LogP contribution in [-0.4, -0.2) is 21.9 Å². The summed E-state index contributed by atoms with van der Waals surface area (Å²) in [7, 11) is 0. The fraction of sp³-hybridized carbons (Fsp3) is 0.250. The minimum atomic E-state index is -1.31. The minimum absolute atomic E-state index is 0.163. The van der Waals surface area contributed by atoms with Crippen molar-refractivity contribution in [2.45, 2.75) is 24.1 Å². The molecule has 1 saturated carbocycles. The molecule has 10 heteroatoms. The smallest absolute Gasteiger partial charge is 0.272 e. The van der Waals surface area contributed by atoms with Crippen LogP contribution in [0.25, 0.3) is 0 Å². The monoisotopic (exact) mass is 505 g/mol. The van der Waals surface area contributed by atoms with E-state index in [-0.39, 0.29) is 10.6 Å². The van der Waals surface area contributed by atoms with Crippen LogP contribution in [0.2, 0.25) is 15.1 Å². The van der Waals surface area contributed by atoms with E-state index in [4.69, 9.17) is 58.0 Å². The number of carbonyl (C=O) groups excluding carboxylic acids is 2. The zero-order valence-corrected chi connectivity index (χ0v) is 19.6. The second-order valence-electron chi connectivity index (χ2n) is 7.02. The van der Waals surface area contributed by atoms with Crippen LogP contribution in [0.3, 0.4) is 0 Å². The molecule has 0 aliphatic heterocycles. The number of hydrazone groups is 1. The number of carbonyl (C=O) groups is 2. The predicted octanol–water partition coefficient (Wildman–Crippen LogP) is 6.30. The first kappa shape index (κ1) is 23.2. The van der Waals surface area contributed by atoms with E-state index in [0.717, 1.165) is 0 Å². The Morgan fingerprint density at radius 1 is 1.00 bits per heavy atom. The topological polar surface area (TPSA) is 70.6 Å². The Labute approximate surface area is 198 Å². The molecule has 158 valence electrons. The highest BCUT2D eigenvalue weighted by molar-refractivity contribution is 6.53. The number of nitrogens with one attached hydrogen (secondary N) is 2. The van der Waals surface area contributed by atoms with Gasteiger partial charge in [0, 0.05) is 27.4 Å². The Morgan fingerprint density at radius 2 is 1.63 bits per heavy atom. The number of anilines is 1. The minimum Gasteiger partial charge on any atom is -0.326 e. The van der Waals surface area contributed by atoms with Crippen molar-refractivity contribution in [2.24, 2.45) is 11.0 Å². The second kappa shape index (κ2) is 8.93. The summed E-state index contributed by atoms with van der Waals surface area (Å²) in [6.07, 6.45) is 0. The summed E-state index contributed by atoms with van der Waals surface area (Å²) in [5.74, 6) is -2.11. The van der Waals surface area contributed by atoms with Crippen molar-refractivity contribution in [1.82, 2.24) is 5.43 Å². The fourth-order valence-electron chi connectivity index (χ4n) is 3.04. The van der Waals surface area contributed by atoms with Crippen LogP contribution in [0.15, 0.2) is 41.5 Å². The Bertz CT molecular complexity index is 1030. The Balaban J connectivity index is 1.78. The van der Waals surface area contributed by atoms with E-state index in [2.05, 4.69) is 15.8 Å². The molecule has 2 amide bonds. The molecule has 2 aromatic rings. The quantitative estimate of drug-likeness (QED) is 0.283. The van der Waals surface area contributed by atoms with Gasteiger partial charge in [0.1, 0.15) is 4.33 Å². The van der Waals surface area contributed by atoms with Crippen LogP contribution < -0.4 is 10.7 Å². The fourth-order valence-corrected chi connectivity index (χ4v) is 4.62. The molecule has 2 N–H and O–H groups in total. The van der Waals surface area contributed by atoms with Crippen LogP contribution in [0.5, 0.6) is 0 Å². The SMILES string of the molecule is CC(C)=NNC(=O)c1cc(NC(=O)[C@H]2[C@H](c3cc(Cl)cc(Cl)c3)C2(Cl)Cl)ccc1Cl. The van der Waals surface area contributed by atoms with Gasteiger partial charge in [0.25, 0.3) is 5.91 Å². The first-order chi connectivity index (χ1) is 14.0. The summed E-state index contributed by atoms with van der Waals surface area (Å²) in [6, 6.07) is 9.46. The molecule has 0 saturated heterocycles. The molecule has 0 spiro atoms.